The fraction of sp³-hybridized carbons (Fsp3) is 0.467. The number of unbranched alkanes of at least 4 members (excludes halogenated alkanes) is 5. The number of imide groups is 2. The van der Waals surface area contributed by atoms with Gasteiger partial charge in [0.1, 0.15) is 18.0 Å². The molecule has 2 unspecified atom stereocenters. The number of amides is 4. The van der Waals surface area contributed by atoms with E-state index in [9.17, 15) is 23.6 Å². The predicted octanol–water partition coefficient (Wildman–Crippen LogP) is 7.29. The molecular formula is C45H52Cl2FN9O5. The van der Waals surface area contributed by atoms with E-state index in [1.54, 1.807) is 25.3 Å². The number of piperidine rings is 2. The van der Waals surface area contributed by atoms with Crippen molar-refractivity contribution < 1.29 is 28.3 Å². The highest BCUT2D eigenvalue weighted by molar-refractivity contribution is 6.36. The summed E-state index contributed by atoms with van der Waals surface area (Å²) in [5.74, 6) is -2.00. The van der Waals surface area contributed by atoms with Crippen LogP contribution >= 0.6 is 23.2 Å². The molecule has 14 nitrogen and oxygen atoms in total. The second kappa shape index (κ2) is 19.1. The van der Waals surface area contributed by atoms with Crippen LogP contribution in [0.25, 0.3) is 11.1 Å². The Kier molecular flexibility index (Phi) is 13.4. The van der Waals surface area contributed by atoms with Gasteiger partial charge in [-0.2, -0.15) is 5.10 Å². The molecule has 0 radical (unpaired) electrons. The lowest BCUT2D eigenvalue weighted by atomic mass is 10.0. The number of hydrogen-bond acceptors (Lipinski definition) is 11. The van der Waals surface area contributed by atoms with Gasteiger partial charge >= 0.3 is 0 Å². The van der Waals surface area contributed by atoms with Gasteiger partial charge < -0.3 is 20.7 Å². The molecule has 3 fully saturated rings. The van der Waals surface area contributed by atoms with Gasteiger partial charge in [-0.05, 0) is 82.4 Å². The van der Waals surface area contributed by atoms with E-state index in [1.807, 2.05) is 24.5 Å². The molecular weight excluding hydrogens is 836 g/mol. The normalized spacial score (nSPS) is 19.4. The molecule has 2 aromatic carbocycles. The number of carbonyl (C=O) groups is 4. The minimum Gasteiger partial charge on any atom is -0.482 e. The Morgan fingerprint density at radius 1 is 0.919 bits per heavy atom. The number of carbonyl (C=O) groups excluding carboxylic acids is 4. The number of pyridine rings is 1. The Bertz CT molecular complexity index is 2330. The minimum atomic E-state index is -0.976. The number of anilines is 2. The molecule has 0 bridgehead atoms. The summed E-state index contributed by atoms with van der Waals surface area (Å²) in [7, 11) is 0. The highest BCUT2D eigenvalue weighted by atomic mass is 35.5. The molecule has 4 amide bonds. The molecule has 2 aromatic heterocycles. The highest BCUT2D eigenvalue weighted by Crippen LogP contribution is 2.38. The molecule has 0 aliphatic carbocycles. The summed E-state index contributed by atoms with van der Waals surface area (Å²) in [6.07, 6.45) is 14.4. The summed E-state index contributed by atoms with van der Waals surface area (Å²) < 4.78 is 22.3. The monoisotopic (exact) mass is 887 g/mol. The van der Waals surface area contributed by atoms with Crippen LogP contribution in [-0.4, -0.2) is 104 Å². The second-order valence-corrected chi connectivity index (χ2v) is 17.6. The zero-order valence-corrected chi connectivity index (χ0v) is 36.3. The summed E-state index contributed by atoms with van der Waals surface area (Å²) in [5, 5.41) is 10.6. The summed E-state index contributed by atoms with van der Waals surface area (Å²) in [6, 6.07) is 9.17. The van der Waals surface area contributed by atoms with Crippen molar-refractivity contribution in [2.45, 2.75) is 95.4 Å². The maximum absolute atomic E-state index is 14.2. The van der Waals surface area contributed by atoms with E-state index in [0.717, 1.165) is 74.6 Å². The average Bonchev–Trinajstić information content (AvgIpc) is 3.83. The molecule has 2 atom stereocenters. The number of benzene rings is 2. The summed E-state index contributed by atoms with van der Waals surface area (Å²) in [4.78, 5) is 60.9. The molecule has 6 heterocycles. The van der Waals surface area contributed by atoms with Crippen LogP contribution in [0.5, 0.6) is 5.75 Å². The molecule has 62 heavy (non-hydrogen) atoms. The molecule has 4 aromatic rings. The number of likely N-dealkylation sites (tertiary alicyclic amines) is 2. The fourth-order valence-electron chi connectivity index (χ4n) is 9.04. The smallest absolute Gasteiger partial charge is 0.264 e. The zero-order chi connectivity index (χ0) is 43.5. The standard InChI is InChI=1S/C45H52Cl2FN9O5/c1-27(39-33(46)11-12-34(48)41(39)47)62-37-21-28(22-50-42(37)49)29-23-51-56(24-29)31-15-19-54(20-16-31)17-6-4-2-3-5-7-18-55-25-30(26-55)52-35-10-8-9-32-40(35)45(61)57(44(32)60)36-13-14-38(58)53-43(36)59/h8-12,21-24,27,30-31,36,52H,2-7,13-20,25-26H2,1H3,(H2,49,50)(H,53,58,59). The third-order valence-electron chi connectivity index (χ3n) is 12.5. The first-order valence-electron chi connectivity index (χ1n) is 21.6. The van der Waals surface area contributed by atoms with Crippen molar-refractivity contribution in [3.8, 4) is 16.9 Å². The average molecular weight is 889 g/mol. The maximum atomic E-state index is 14.2. The maximum Gasteiger partial charge on any atom is 0.264 e. The molecule has 328 valence electrons. The number of nitrogen functional groups attached to an aromatic ring is 1. The van der Waals surface area contributed by atoms with Gasteiger partial charge in [0, 0.05) is 72.4 Å². The van der Waals surface area contributed by atoms with E-state index >= 15 is 0 Å². The molecule has 17 heteroatoms. The Morgan fingerprint density at radius 2 is 1.65 bits per heavy atom. The van der Waals surface area contributed by atoms with Crippen molar-refractivity contribution in [2.24, 2.45) is 0 Å². The molecule has 4 N–H and O–H groups in total. The van der Waals surface area contributed by atoms with Gasteiger partial charge in [0.25, 0.3) is 11.8 Å². The molecule has 3 saturated heterocycles. The van der Waals surface area contributed by atoms with Crippen LogP contribution in [-0.2, 0) is 9.59 Å². The largest absolute Gasteiger partial charge is 0.482 e. The van der Waals surface area contributed by atoms with Crippen LogP contribution in [0.4, 0.5) is 15.9 Å². The highest BCUT2D eigenvalue weighted by Gasteiger charge is 2.46. The van der Waals surface area contributed by atoms with Crippen LogP contribution in [0.15, 0.2) is 55.0 Å². The van der Waals surface area contributed by atoms with Crippen LogP contribution in [0.1, 0.15) is 110 Å². The number of nitrogens with one attached hydrogen (secondary N) is 2. The van der Waals surface area contributed by atoms with Crippen molar-refractivity contribution in [3.63, 3.8) is 0 Å². The molecule has 8 rings (SSSR count). The zero-order valence-electron chi connectivity index (χ0n) is 34.8. The summed E-state index contributed by atoms with van der Waals surface area (Å²) in [5.41, 5.74) is 9.41. The molecule has 4 aliphatic rings. The van der Waals surface area contributed by atoms with Gasteiger partial charge in [-0.1, -0.05) is 55.0 Å². The predicted molar refractivity (Wildman–Crippen MR) is 235 cm³/mol. The Balaban J connectivity index is 0.694. The van der Waals surface area contributed by atoms with E-state index in [-0.39, 0.29) is 35.3 Å². The quantitative estimate of drug-likeness (QED) is 0.0554. The third-order valence-corrected chi connectivity index (χ3v) is 13.2. The summed E-state index contributed by atoms with van der Waals surface area (Å²) in [6.45, 7) is 7.69. The van der Waals surface area contributed by atoms with Crippen molar-refractivity contribution in [1.82, 2.24) is 34.8 Å². The van der Waals surface area contributed by atoms with Crippen molar-refractivity contribution >= 4 is 58.3 Å². The van der Waals surface area contributed by atoms with Gasteiger partial charge in [-0.3, -0.25) is 39.0 Å². The van der Waals surface area contributed by atoms with E-state index in [1.165, 1.54) is 44.2 Å². The third kappa shape index (κ3) is 9.46. The summed E-state index contributed by atoms with van der Waals surface area (Å²) >= 11 is 12.5. The first-order valence-corrected chi connectivity index (χ1v) is 22.4. The lowest BCUT2D eigenvalue weighted by molar-refractivity contribution is -0.136. The van der Waals surface area contributed by atoms with Crippen LogP contribution in [0.3, 0.4) is 0 Å². The lowest BCUT2D eigenvalue weighted by Crippen LogP contribution is -2.55. The number of aromatic nitrogens is 3. The van der Waals surface area contributed by atoms with Gasteiger partial charge in [-0.15, -0.1) is 0 Å². The topological polar surface area (TPSA) is 168 Å². The molecule has 0 spiro atoms. The van der Waals surface area contributed by atoms with Crippen molar-refractivity contribution in [2.75, 3.05) is 50.3 Å². The van der Waals surface area contributed by atoms with Gasteiger partial charge in [0.05, 0.1) is 34.4 Å². The van der Waals surface area contributed by atoms with E-state index in [2.05, 4.69) is 30.1 Å². The van der Waals surface area contributed by atoms with Crippen LogP contribution < -0.4 is 21.1 Å². The lowest BCUT2D eigenvalue weighted by Gasteiger charge is -2.40. The fourth-order valence-corrected chi connectivity index (χ4v) is 9.72. The van der Waals surface area contributed by atoms with Gasteiger partial charge in [0.2, 0.25) is 11.8 Å². The van der Waals surface area contributed by atoms with Crippen LogP contribution in [0, 0.1) is 5.82 Å². The number of halogens is 3. The Hall–Kier alpha value is -5.09. The van der Waals surface area contributed by atoms with Crippen molar-refractivity contribution in [1.29, 1.82) is 0 Å². The van der Waals surface area contributed by atoms with Crippen LogP contribution in [0.2, 0.25) is 10.0 Å². The van der Waals surface area contributed by atoms with E-state index < -0.39 is 41.6 Å². The second-order valence-electron chi connectivity index (χ2n) is 16.8. The number of fused-ring (bicyclic) bond motifs is 1. The van der Waals surface area contributed by atoms with Gasteiger partial charge in [-0.25, -0.2) is 9.37 Å². The first-order chi connectivity index (χ1) is 29.9. The number of hydrogen-bond donors (Lipinski definition) is 3. The number of nitrogens with zero attached hydrogens (tertiary/aromatic N) is 6. The minimum absolute atomic E-state index is 0.0851. The van der Waals surface area contributed by atoms with Crippen molar-refractivity contribution in [3.05, 3.63) is 87.5 Å². The number of rotatable bonds is 17. The van der Waals surface area contributed by atoms with Gasteiger partial charge in [0.15, 0.2) is 11.6 Å². The first kappa shape index (κ1) is 43.6. The van der Waals surface area contributed by atoms with E-state index in [0.29, 0.717) is 33.6 Å². The SMILES string of the molecule is CC(Oc1cc(-c2cnn(C3CCN(CCCCCCCCN4CC(Nc5cccc6c5C(=O)N(C5CCC(=O)NC5=O)C6=O)C4)CC3)c2)cnc1N)c1c(Cl)ccc(F)c1Cl. The molecule has 4 aliphatic heterocycles. The number of ether oxygens (including phenoxy) is 1. The van der Waals surface area contributed by atoms with E-state index in [4.69, 9.17) is 38.8 Å². The Morgan fingerprint density at radius 3 is 2.39 bits per heavy atom. The molecule has 0 saturated carbocycles. The Labute approximate surface area is 370 Å². The number of nitrogens with two attached hydrogens (primary N) is 1.